The highest BCUT2D eigenvalue weighted by molar-refractivity contribution is 5.78. The van der Waals surface area contributed by atoms with Gasteiger partial charge in [0, 0.05) is 5.39 Å². The van der Waals surface area contributed by atoms with Crippen molar-refractivity contribution in [1.82, 2.24) is 5.32 Å². The van der Waals surface area contributed by atoms with Crippen LogP contribution in [0.5, 0.6) is 0 Å². The summed E-state index contributed by atoms with van der Waals surface area (Å²) < 4.78 is 5.79. The smallest absolute Gasteiger partial charge is 0.134 e. The fourth-order valence-electron chi connectivity index (χ4n) is 1.95. The van der Waals surface area contributed by atoms with E-state index < -0.39 is 0 Å². The van der Waals surface area contributed by atoms with Crippen LogP contribution in [0.2, 0.25) is 0 Å². The maximum atomic E-state index is 5.79. The van der Waals surface area contributed by atoms with Crippen LogP contribution in [-0.4, -0.2) is 6.54 Å². The van der Waals surface area contributed by atoms with Gasteiger partial charge in [-0.15, -0.1) is 0 Å². The van der Waals surface area contributed by atoms with Crippen LogP contribution >= 0.6 is 0 Å². The third kappa shape index (κ3) is 2.89. The molecule has 0 radical (unpaired) electrons. The van der Waals surface area contributed by atoms with Gasteiger partial charge in [-0.25, -0.2) is 0 Å². The van der Waals surface area contributed by atoms with Crippen molar-refractivity contribution < 1.29 is 4.42 Å². The first-order chi connectivity index (χ1) is 8.20. The Bertz CT molecular complexity index is 485. The highest BCUT2D eigenvalue weighted by Crippen LogP contribution is 2.24. The zero-order chi connectivity index (χ0) is 12.3. The molecular weight excluding hydrogens is 210 g/mol. The third-order valence-electron chi connectivity index (χ3n) is 2.98. The van der Waals surface area contributed by atoms with Gasteiger partial charge in [0.1, 0.15) is 11.3 Å². The Balaban J connectivity index is 2.18. The predicted octanol–water partition coefficient (Wildman–Crippen LogP) is 4.06. The van der Waals surface area contributed by atoms with Crippen molar-refractivity contribution in [2.24, 2.45) is 0 Å². The molecule has 2 rings (SSSR count). The average molecular weight is 231 g/mol. The van der Waals surface area contributed by atoms with Crippen LogP contribution in [0.4, 0.5) is 0 Å². The fraction of sp³-hybridized carbons (Fsp3) is 0.467. The molecule has 2 heteroatoms. The van der Waals surface area contributed by atoms with Gasteiger partial charge in [0.25, 0.3) is 0 Å². The molecule has 1 aromatic heterocycles. The lowest BCUT2D eigenvalue weighted by Gasteiger charge is -2.03. The SMILES string of the molecule is CCCNCc1cc2cc(C(C)C)ccc2o1. The Morgan fingerprint density at radius 1 is 1.24 bits per heavy atom. The van der Waals surface area contributed by atoms with E-state index in [9.17, 15) is 0 Å². The lowest BCUT2D eigenvalue weighted by atomic mass is 10.0. The topological polar surface area (TPSA) is 25.2 Å². The summed E-state index contributed by atoms with van der Waals surface area (Å²) in [5.74, 6) is 1.59. The summed E-state index contributed by atoms with van der Waals surface area (Å²) in [7, 11) is 0. The molecule has 17 heavy (non-hydrogen) atoms. The minimum atomic E-state index is 0.566. The Hall–Kier alpha value is -1.28. The molecule has 0 aliphatic heterocycles. The molecule has 0 amide bonds. The number of rotatable bonds is 5. The Morgan fingerprint density at radius 3 is 2.76 bits per heavy atom. The van der Waals surface area contributed by atoms with Gasteiger partial charge < -0.3 is 9.73 Å². The van der Waals surface area contributed by atoms with Gasteiger partial charge >= 0.3 is 0 Å². The average Bonchev–Trinajstić information content (AvgIpc) is 2.70. The van der Waals surface area contributed by atoms with Crippen molar-refractivity contribution >= 4 is 11.0 Å². The van der Waals surface area contributed by atoms with Gasteiger partial charge in [-0.2, -0.15) is 0 Å². The minimum absolute atomic E-state index is 0.566. The molecule has 1 aromatic carbocycles. The van der Waals surface area contributed by atoms with Gasteiger partial charge in [-0.1, -0.05) is 26.8 Å². The third-order valence-corrected chi connectivity index (χ3v) is 2.98. The van der Waals surface area contributed by atoms with E-state index in [0.717, 1.165) is 30.9 Å². The normalized spacial score (nSPS) is 11.5. The number of fused-ring (bicyclic) bond motifs is 1. The first-order valence-corrected chi connectivity index (χ1v) is 6.43. The van der Waals surface area contributed by atoms with Crippen LogP contribution in [0.1, 0.15) is 44.4 Å². The molecule has 0 spiro atoms. The van der Waals surface area contributed by atoms with Gasteiger partial charge in [0.05, 0.1) is 6.54 Å². The molecule has 1 N–H and O–H groups in total. The number of benzene rings is 1. The lowest BCUT2D eigenvalue weighted by Crippen LogP contribution is -2.12. The van der Waals surface area contributed by atoms with E-state index in [-0.39, 0.29) is 0 Å². The lowest BCUT2D eigenvalue weighted by molar-refractivity contribution is 0.513. The standard InChI is InChI=1S/C15H21NO/c1-4-7-16-10-14-9-13-8-12(11(2)3)5-6-15(13)17-14/h5-6,8-9,11,16H,4,7,10H2,1-3H3. The second-order valence-corrected chi connectivity index (χ2v) is 4.84. The summed E-state index contributed by atoms with van der Waals surface area (Å²) in [6.45, 7) is 8.45. The van der Waals surface area contributed by atoms with E-state index in [1.807, 2.05) is 0 Å². The zero-order valence-corrected chi connectivity index (χ0v) is 10.9. The maximum Gasteiger partial charge on any atom is 0.134 e. The number of hydrogen-bond donors (Lipinski definition) is 1. The van der Waals surface area contributed by atoms with Crippen molar-refractivity contribution in [1.29, 1.82) is 0 Å². The molecule has 1 heterocycles. The molecule has 0 aliphatic rings. The van der Waals surface area contributed by atoms with Crippen LogP contribution in [0.15, 0.2) is 28.7 Å². The number of hydrogen-bond acceptors (Lipinski definition) is 2. The molecule has 0 atom stereocenters. The molecule has 0 aliphatic carbocycles. The molecule has 0 fully saturated rings. The first-order valence-electron chi connectivity index (χ1n) is 6.43. The Morgan fingerprint density at radius 2 is 2.06 bits per heavy atom. The molecule has 2 nitrogen and oxygen atoms in total. The summed E-state index contributed by atoms with van der Waals surface area (Å²) in [5, 5.41) is 4.57. The van der Waals surface area contributed by atoms with Crippen LogP contribution in [0, 0.1) is 0 Å². The fourth-order valence-corrected chi connectivity index (χ4v) is 1.95. The second-order valence-electron chi connectivity index (χ2n) is 4.84. The molecule has 92 valence electrons. The summed E-state index contributed by atoms with van der Waals surface area (Å²) >= 11 is 0. The van der Waals surface area contributed by atoms with E-state index in [1.54, 1.807) is 0 Å². The highest BCUT2D eigenvalue weighted by Gasteiger charge is 2.06. The summed E-state index contributed by atoms with van der Waals surface area (Å²) in [6, 6.07) is 8.60. The molecule has 0 saturated heterocycles. The molecular formula is C15H21NO. The van der Waals surface area contributed by atoms with Crippen molar-refractivity contribution in [3.05, 3.63) is 35.6 Å². The maximum absolute atomic E-state index is 5.79. The first kappa shape index (κ1) is 12.2. The Kier molecular flexibility index (Phi) is 3.85. The zero-order valence-electron chi connectivity index (χ0n) is 10.9. The van der Waals surface area contributed by atoms with E-state index in [0.29, 0.717) is 5.92 Å². The van der Waals surface area contributed by atoms with Gasteiger partial charge in [0.2, 0.25) is 0 Å². The number of nitrogens with one attached hydrogen (secondary N) is 1. The van der Waals surface area contributed by atoms with E-state index in [4.69, 9.17) is 4.42 Å². The highest BCUT2D eigenvalue weighted by atomic mass is 16.3. The molecule has 0 unspecified atom stereocenters. The summed E-state index contributed by atoms with van der Waals surface area (Å²) in [6.07, 6.45) is 1.15. The monoisotopic (exact) mass is 231 g/mol. The van der Waals surface area contributed by atoms with Gasteiger partial charge in [-0.05, 0) is 42.6 Å². The van der Waals surface area contributed by atoms with Crippen molar-refractivity contribution in [3.63, 3.8) is 0 Å². The summed E-state index contributed by atoms with van der Waals surface area (Å²) in [4.78, 5) is 0. The van der Waals surface area contributed by atoms with E-state index in [2.05, 4.69) is 50.4 Å². The molecule has 2 aromatic rings. The summed E-state index contributed by atoms with van der Waals surface area (Å²) in [5.41, 5.74) is 2.36. The molecule has 0 saturated carbocycles. The van der Waals surface area contributed by atoms with E-state index in [1.165, 1.54) is 10.9 Å². The van der Waals surface area contributed by atoms with Crippen molar-refractivity contribution in [3.8, 4) is 0 Å². The Labute approximate surface area is 103 Å². The van der Waals surface area contributed by atoms with E-state index >= 15 is 0 Å². The largest absolute Gasteiger partial charge is 0.460 e. The van der Waals surface area contributed by atoms with Crippen molar-refractivity contribution in [2.75, 3.05) is 6.54 Å². The minimum Gasteiger partial charge on any atom is -0.460 e. The van der Waals surface area contributed by atoms with Crippen LogP contribution in [-0.2, 0) is 6.54 Å². The van der Waals surface area contributed by atoms with Crippen molar-refractivity contribution in [2.45, 2.75) is 39.7 Å². The predicted molar refractivity (Wildman–Crippen MR) is 72.3 cm³/mol. The van der Waals surface area contributed by atoms with Crippen LogP contribution in [0.25, 0.3) is 11.0 Å². The van der Waals surface area contributed by atoms with Crippen LogP contribution < -0.4 is 5.32 Å². The second kappa shape index (κ2) is 5.37. The quantitative estimate of drug-likeness (QED) is 0.785. The molecule has 0 bridgehead atoms. The van der Waals surface area contributed by atoms with Crippen LogP contribution in [0.3, 0.4) is 0 Å². The van der Waals surface area contributed by atoms with Gasteiger partial charge in [-0.3, -0.25) is 0 Å². The van der Waals surface area contributed by atoms with Gasteiger partial charge in [0.15, 0.2) is 0 Å². The number of furan rings is 1.